The first kappa shape index (κ1) is 34.7. The van der Waals surface area contributed by atoms with Crippen LogP contribution in [0, 0.1) is 11.3 Å². The molecule has 3 aliphatic rings. The topological polar surface area (TPSA) is 132 Å². The van der Waals surface area contributed by atoms with Gasteiger partial charge in [0.25, 0.3) is 15.9 Å². The van der Waals surface area contributed by atoms with E-state index >= 15 is 4.79 Å². The van der Waals surface area contributed by atoms with E-state index in [-0.39, 0.29) is 10.6 Å². The maximum absolute atomic E-state index is 15.7. The number of piperazine rings is 1. The highest BCUT2D eigenvalue weighted by Gasteiger charge is 2.63. The summed E-state index contributed by atoms with van der Waals surface area (Å²) >= 11 is 0. The maximum atomic E-state index is 15.7. The van der Waals surface area contributed by atoms with Crippen LogP contribution in [0.2, 0.25) is 0 Å². The number of hydrogen-bond donors (Lipinski definition) is 0. The molecule has 12 nitrogen and oxygen atoms in total. The summed E-state index contributed by atoms with van der Waals surface area (Å²) < 4.78 is 47.4. The van der Waals surface area contributed by atoms with Gasteiger partial charge in [0.15, 0.2) is 5.54 Å². The van der Waals surface area contributed by atoms with Gasteiger partial charge in [-0.1, -0.05) is 6.07 Å². The third-order valence-electron chi connectivity index (χ3n) is 10.4. The lowest BCUT2D eigenvalue weighted by molar-refractivity contribution is -0.127. The Labute approximate surface area is 298 Å². The summed E-state index contributed by atoms with van der Waals surface area (Å²) in [5.74, 6) is 0.634. The quantitative estimate of drug-likeness (QED) is 0.223. The number of amides is 1. The monoisotopic (exact) mass is 710 g/mol. The molecule has 2 atom stereocenters. The molecular formula is C38H42N6O6S. The van der Waals surface area contributed by atoms with Crippen LogP contribution in [-0.2, 0) is 26.9 Å². The van der Waals surface area contributed by atoms with Gasteiger partial charge in [-0.15, -0.1) is 0 Å². The molecule has 51 heavy (non-hydrogen) atoms. The Bertz CT molecular complexity index is 2050. The lowest BCUT2D eigenvalue weighted by Gasteiger charge is -2.41. The Morgan fingerprint density at radius 2 is 1.75 bits per heavy atom. The summed E-state index contributed by atoms with van der Waals surface area (Å²) in [5.41, 5.74) is 0.565. The summed E-state index contributed by atoms with van der Waals surface area (Å²) in [6.45, 7) is 9.18. The van der Waals surface area contributed by atoms with Crippen molar-refractivity contribution < 1.29 is 27.1 Å². The molecule has 7 rings (SSSR count). The number of methoxy groups -OCH3 is 2. The Balaban J connectivity index is 1.44. The fourth-order valence-corrected chi connectivity index (χ4v) is 9.34. The molecule has 2 fully saturated rings. The van der Waals surface area contributed by atoms with E-state index < -0.39 is 27.5 Å². The highest BCUT2D eigenvalue weighted by molar-refractivity contribution is 7.93. The number of nitriles is 1. The van der Waals surface area contributed by atoms with E-state index in [4.69, 9.17) is 13.9 Å². The second-order valence-corrected chi connectivity index (χ2v) is 15.3. The minimum Gasteiger partial charge on any atom is -0.497 e. The predicted octanol–water partition coefficient (Wildman–Crippen LogP) is 4.91. The minimum absolute atomic E-state index is 0.0744. The largest absolute Gasteiger partial charge is 0.497 e. The van der Waals surface area contributed by atoms with Gasteiger partial charge in [-0.3, -0.25) is 19.5 Å². The SMILES string of the molecule is COc1ccc(S(=O)(=O)N2C(=O)C(c3cc(CN4CCN(C(C)C)CC4)ccc3OC)(N3CCCC3c3ncco3)c3cc(C#N)ccc32)cc1. The fraction of sp³-hybridized carbons (Fsp3) is 0.395. The van der Waals surface area contributed by atoms with Crippen molar-refractivity contribution in [1.29, 1.82) is 5.26 Å². The zero-order valence-corrected chi connectivity index (χ0v) is 30.1. The van der Waals surface area contributed by atoms with Crippen molar-refractivity contribution in [3.63, 3.8) is 0 Å². The molecule has 1 amide bonds. The van der Waals surface area contributed by atoms with E-state index in [2.05, 4.69) is 34.7 Å². The number of hydrogen-bond acceptors (Lipinski definition) is 11. The number of fused-ring (bicyclic) bond motifs is 1. The molecule has 0 bridgehead atoms. The second kappa shape index (κ2) is 13.8. The zero-order chi connectivity index (χ0) is 35.9. The van der Waals surface area contributed by atoms with Gasteiger partial charge < -0.3 is 13.9 Å². The molecule has 4 aromatic rings. The lowest BCUT2D eigenvalue weighted by atomic mass is 9.79. The van der Waals surface area contributed by atoms with Crippen molar-refractivity contribution in [3.05, 3.63) is 101 Å². The number of nitrogens with zero attached hydrogens (tertiary/aromatic N) is 6. The first-order valence-electron chi connectivity index (χ1n) is 17.2. The summed E-state index contributed by atoms with van der Waals surface area (Å²) in [7, 11) is -1.42. The van der Waals surface area contributed by atoms with Gasteiger partial charge in [0.1, 0.15) is 17.8 Å². The lowest BCUT2D eigenvalue weighted by Crippen LogP contribution is -2.54. The average molecular weight is 711 g/mol. The molecule has 13 heteroatoms. The van der Waals surface area contributed by atoms with Crippen molar-refractivity contribution in [2.24, 2.45) is 0 Å². The molecule has 0 aliphatic carbocycles. The third-order valence-corrected chi connectivity index (χ3v) is 12.2. The number of carbonyl (C=O) groups is 1. The first-order chi connectivity index (χ1) is 24.6. The zero-order valence-electron chi connectivity index (χ0n) is 29.3. The molecule has 2 saturated heterocycles. The number of rotatable bonds is 10. The normalized spacial score (nSPS) is 21.6. The summed E-state index contributed by atoms with van der Waals surface area (Å²) in [6.07, 6.45) is 4.38. The number of aromatic nitrogens is 1. The van der Waals surface area contributed by atoms with E-state index in [1.54, 1.807) is 43.6 Å². The molecule has 3 aromatic carbocycles. The molecule has 266 valence electrons. The van der Waals surface area contributed by atoms with E-state index in [1.807, 2.05) is 23.1 Å². The molecule has 2 unspecified atom stereocenters. The smallest absolute Gasteiger partial charge is 0.271 e. The average Bonchev–Trinajstić information content (AvgIpc) is 3.91. The standard InChI is InChI=1S/C38H42N6O6S/c1-26(2)42-19-17-41(18-20-42)25-28-8-14-35(49-4)32(23-28)38(43-16-5-6-34(43)36-40-15-21-50-36)31-22-27(24-39)7-13-33(31)44(37(38)45)51(46,47)30-11-9-29(48-3)10-12-30/h7-15,21-23,26,34H,5-6,16-20,25H2,1-4H3. The number of carbonyl (C=O) groups excluding carboxylic acids is 1. The van der Waals surface area contributed by atoms with Crippen molar-refractivity contribution >= 4 is 21.6 Å². The van der Waals surface area contributed by atoms with Gasteiger partial charge in [0, 0.05) is 56.4 Å². The Morgan fingerprint density at radius 3 is 2.39 bits per heavy atom. The van der Waals surface area contributed by atoms with Crippen molar-refractivity contribution in [3.8, 4) is 17.6 Å². The number of anilines is 1. The number of sulfonamides is 1. The van der Waals surface area contributed by atoms with Crippen LogP contribution in [-0.4, -0.2) is 87.0 Å². The molecule has 0 N–H and O–H groups in total. The van der Waals surface area contributed by atoms with Crippen LogP contribution in [0.25, 0.3) is 0 Å². The van der Waals surface area contributed by atoms with Gasteiger partial charge in [0.05, 0.1) is 48.7 Å². The Hall–Kier alpha value is -4.74. The Kier molecular flexibility index (Phi) is 9.36. The van der Waals surface area contributed by atoms with Crippen LogP contribution >= 0.6 is 0 Å². The van der Waals surface area contributed by atoms with Crippen LogP contribution in [0.15, 0.2) is 82.4 Å². The molecule has 4 heterocycles. The first-order valence-corrected chi connectivity index (χ1v) is 18.7. The van der Waals surface area contributed by atoms with E-state index in [0.29, 0.717) is 66.1 Å². The number of likely N-dealkylation sites (tertiary alicyclic amines) is 1. The Morgan fingerprint density at radius 1 is 0.980 bits per heavy atom. The van der Waals surface area contributed by atoms with Gasteiger partial charge in [-0.05, 0) is 86.8 Å². The molecular weight excluding hydrogens is 669 g/mol. The highest BCUT2D eigenvalue weighted by atomic mass is 32.2. The van der Waals surface area contributed by atoms with Crippen LogP contribution in [0.1, 0.15) is 60.9 Å². The van der Waals surface area contributed by atoms with E-state index in [0.717, 1.165) is 36.0 Å². The highest BCUT2D eigenvalue weighted by Crippen LogP contribution is 2.56. The van der Waals surface area contributed by atoms with Gasteiger partial charge in [0.2, 0.25) is 5.89 Å². The van der Waals surface area contributed by atoms with Crippen molar-refractivity contribution in [2.45, 2.75) is 55.8 Å². The van der Waals surface area contributed by atoms with Gasteiger partial charge >= 0.3 is 0 Å². The summed E-state index contributed by atoms with van der Waals surface area (Å²) in [6, 6.07) is 18.7. The molecule has 0 spiro atoms. The van der Waals surface area contributed by atoms with Crippen molar-refractivity contribution in [1.82, 2.24) is 19.7 Å². The predicted molar refractivity (Wildman–Crippen MR) is 190 cm³/mol. The van der Waals surface area contributed by atoms with Crippen LogP contribution in [0.3, 0.4) is 0 Å². The van der Waals surface area contributed by atoms with E-state index in [9.17, 15) is 13.7 Å². The molecule has 0 saturated carbocycles. The van der Waals surface area contributed by atoms with Crippen LogP contribution < -0.4 is 13.8 Å². The number of benzene rings is 3. The summed E-state index contributed by atoms with van der Waals surface area (Å²) in [5, 5.41) is 10.1. The minimum atomic E-state index is -4.46. The molecule has 1 aromatic heterocycles. The fourth-order valence-electron chi connectivity index (χ4n) is 7.88. The number of oxazole rings is 1. The van der Waals surface area contributed by atoms with Crippen LogP contribution in [0.4, 0.5) is 5.69 Å². The number of ether oxygens (including phenoxy) is 2. The maximum Gasteiger partial charge on any atom is 0.271 e. The van der Waals surface area contributed by atoms with Gasteiger partial charge in [-0.2, -0.15) is 5.26 Å². The van der Waals surface area contributed by atoms with Crippen LogP contribution in [0.5, 0.6) is 11.5 Å². The van der Waals surface area contributed by atoms with E-state index in [1.165, 1.54) is 25.5 Å². The molecule has 0 radical (unpaired) electrons. The molecule has 3 aliphatic heterocycles. The third kappa shape index (κ3) is 5.86. The van der Waals surface area contributed by atoms with Crippen molar-refractivity contribution in [2.75, 3.05) is 51.2 Å². The second-order valence-electron chi connectivity index (χ2n) is 13.5. The van der Waals surface area contributed by atoms with Gasteiger partial charge in [-0.25, -0.2) is 17.7 Å². The summed E-state index contributed by atoms with van der Waals surface area (Å²) in [4.78, 5) is 26.9.